The summed E-state index contributed by atoms with van der Waals surface area (Å²) < 4.78 is 3.18. The van der Waals surface area contributed by atoms with Gasteiger partial charge in [0.2, 0.25) is 0 Å². The maximum absolute atomic E-state index is 6.46. The quantitative estimate of drug-likeness (QED) is 0.761. The van der Waals surface area contributed by atoms with Crippen molar-refractivity contribution in [3.8, 4) is 0 Å². The van der Waals surface area contributed by atoms with Gasteiger partial charge in [0, 0.05) is 23.9 Å². The highest BCUT2D eigenvalue weighted by Crippen LogP contribution is 2.35. The lowest BCUT2D eigenvalue weighted by Gasteiger charge is -2.18. The summed E-state index contributed by atoms with van der Waals surface area (Å²) in [5.74, 6) is 0. The molecule has 2 aromatic heterocycles. The molecule has 6 heteroatoms. The zero-order valence-electron chi connectivity index (χ0n) is 12.8. The Hall–Kier alpha value is -0.360. The molecule has 2 rings (SSSR count). The van der Waals surface area contributed by atoms with Gasteiger partial charge in [0.05, 0.1) is 20.9 Å². The smallest absolute Gasteiger partial charge is 0.0738 e. The predicted molar refractivity (Wildman–Crippen MR) is 94.5 cm³/mol. The third-order valence-electron chi connectivity index (χ3n) is 3.54. The van der Waals surface area contributed by atoms with E-state index in [1.54, 1.807) is 11.3 Å². The fourth-order valence-electron chi connectivity index (χ4n) is 2.45. The van der Waals surface area contributed by atoms with Gasteiger partial charge in [-0.3, -0.25) is 4.68 Å². The van der Waals surface area contributed by atoms with Crippen molar-refractivity contribution in [3.63, 3.8) is 0 Å². The zero-order valence-corrected chi connectivity index (χ0v) is 16.0. The average Bonchev–Trinajstić information content (AvgIpc) is 2.93. The van der Waals surface area contributed by atoms with Crippen LogP contribution in [0.3, 0.4) is 0 Å². The topological polar surface area (TPSA) is 29.9 Å². The number of rotatable bonds is 6. The molecule has 1 N–H and O–H groups in total. The Morgan fingerprint density at radius 3 is 2.67 bits per heavy atom. The molecule has 0 aliphatic heterocycles. The molecule has 3 nitrogen and oxygen atoms in total. The maximum Gasteiger partial charge on any atom is 0.0738 e. The lowest BCUT2D eigenvalue weighted by atomic mass is 10.1. The third kappa shape index (κ3) is 3.52. The summed E-state index contributed by atoms with van der Waals surface area (Å²) in [6.07, 6.45) is 0.878. The lowest BCUT2D eigenvalue weighted by molar-refractivity contribution is 0.521. The molecular weight excluding hydrogens is 370 g/mol. The van der Waals surface area contributed by atoms with Gasteiger partial charge in [-0.1, -0.05) is 18.5 Å². The van der Waals surface area contributed by atoms with Crippen LogP contribution in [-0.4, -0.2) is 16.3 Å². The summed E-state index contributed by atoms with van der Waals surface area (Å²) >= 11 is 11.9. The molecule has 1 atom stereocenters. The molecule has 0 spiro atoms. The van der Waals surface area contributed by atoms with Crippen molar-refractivity contribution in [1.82, 2.24) is 15.1 Å². The van der Waals surface area contributed by atoms with Gasteiger partial charge in [-0.15, -0.1) is 11.3 Å². The maximum atomic E-state index is 6.46. The van der Waals surface area contributed by atoms with Crippen molar-refractivity contribution in [2.45, 2.75) is 46.7 Å². The van der Waals surface area contributed by atoms with E-state index >= 15 is 0 Å². The van der Waals surface area contributed by atoms with Gasteiger partial charge in [0.15, 0.2) is 0 Å². The molecule has 0 radical (unpaired) electrons. The summed E-state index contributed by atoms with van der Waals surface area (Å²) in [7, 11) is 0. The molecule has 0 aromatic carbocycles. The van der Waals surface area contributed by atoms with Crippen molar-refractivity contribution in [3.05, 3.63) is 36.7 Å². The summed E-state index contributed by atoms with van der Waals surface area (Å²) in [4.78, 5) is 1.21. The summed E-state index contributed by atoms with van der Waals surface area (Å²) in [5, 5.41) is 11.1. The highest BCUT2D eigenvalue weighted by Gasteiger charge is 2.22. The fraction of sp³-hybridized carbons (Fsp3) is 0.533. The van der Waals surface area contributed by atoms with Gasteiger partial charge >= 0.3 is 0 Å². The van der Waals surface area contributed by atoms with E-state index < -0.39 is 0 Å². The average molecular weight is 391 g/mol. The largest absolute Gasteiger partial charge is 0.309 e. The van der Waals surface area contributed by atoms with Gasteiger partial charge in [-0.25, -0.2) is 0 Å². The Labute approximate surface area is 143 Å². The van der Waals surface area contributed by atoms with Crippen LogP contribution >= 0.6 is 38.9 Å². The fourth-order valence-corrected chi connectivity index (χ4v) is 4.29. The number of thiophene rings is 1. The molecule has 0 aliphatic carbocycles. The minimum absolute atomic E-state index is 0.221. The molecular formula is C15H21BrClN3S. The Balaban J connectivity index is 2.35. The first-order valence-corrected chi connectivity index (χ1v) is 9.23. The van der Waals surface area contributed by atoms with E-state index in [0.29, 0.717) is 0 Å². The molecule has 1 unspecified atom stereocenters. The molecule has 2 heterocycles. The Morgan fingerprint density at radius 2 is 2.14 bits per heavy atom. The number of nitrogens with one attached hydrogen (secondary N) is 1. The number of hydrogen-bond acceptors (Lipinski definition) is 3. The Kier molecular flexibility index (Phi) is 5.88. The van der Waals surface area contributed by atoms with Gasteiger partial charge in [0.25, 0.3) is 0 Å². The summed E-state index contributed by atoms with van der Waals surface area (Å²) in [5.41, 5.74) is 3.41. The minimum Gasteiger partial charge on any atom is -0.309 e. The van der Waals surface area contributed by atoms with Gasteiger partial charge in [-0.05, 0) is 54.2 Å². The summed E-state index contributed by atoms with van der Waals surface area (Å²) in [6.45, 7) is 10.1. The van der Waals surface area contributed by atoms with E-state index in [1.165, 1.54) is 10.6 Å². The molecule has 0 aliphatic rings. The number of halogens is 2. The molecule has 0 amide bonds. The standard InChI is InChI=1S/C15H21BrClN3S/c1-5-18-11(15-14(17)9(3)8-21-15)7-12-13(16)10(4)19-20(12)6-2/h8,11,18H,5-7H2,1-4H3. The van der Waals surface area contributed by atoms with Gasteiger partial charge < -0.3 is 5.32 Å². The number of nitrogens with zero attached hydrogens (tertiary/aromatic N) is 2. The molecule has 21 heavy (non-hydrogen) atoms. The molecule has 116 valence electrons. The van der Waals surface area contributed by atoms with Crippen LogP contribution in [0.1, 0.15) is 41.7 Å². The highest BCUT2D eigenvalue weighted by atomic mass is 79.9. The van der Waals surface area contributed by atoms with Crippen molar-refractivity contribution >= 4 is 38.9 Å². The Bertz CT molecular complexity index is 621. The van der Waals surface area contributed by atoms with Gasteiger partial charge in [-0.2, -0.15) is 5.10 Å². The highest BCUT2D eigenvalue weighted by molar-refractivity contribution is 9.10. The normalized spacial score (nSPS) is 12.9. The lowest BCUT2D eigenvalue weighted by Crippen LogP contribution is -2.23. The van der Waals surface area contributed by atoms with E-state index in [-0.39, 0.29) is 6.04 Å². The van der Waals surface area contributed by atoms with E-state index in [0.717, 1.165) is 40.3 Å². The van der Waals surface area contributed by atoms with Crippen molar-refractivity contribution in [2.75, 3.05) is 6.54 Å². The molecule has 2 aromatic rings. The number of likely N-dealkylation sites (N-methyl/N-ethyl adjacent to an activating group) is 1. The van der Waals surface area contributed by atoms with Crippen LogP contribution in [0.2, 0.25) is 5.02 Å². The molecule has 0 saturated carbocycles. The first kappa shape index (κ1) is 17.0. The third-order valence-corrected chi connectivity index (χ3v) is 6.40. The van der Waals surface area contributed by atoms with E-state index in [1.807, 2.05) is 6.92 Å². The SMILES string of the molecule is CCNC(Cc1c(Br)c(C)nn1CC)c1scc(C)c1Cl. The number of aryl methyl sites for hydroxylation is 3. The predicted octanol–water partition coefficient (Wildman–Crippen LogP) is 4.89. The molecule has 0 bridgehead atoms. The first-order valence-electron chi connectivity index (χ1n) is 7.18. The molecule has 0 fully saturated rings. The van der Waals surface area contributed by atoms with E-state index in [4.69, 9.17) is 11.6 Å². The second-order valence-corrected chi connectivity index (χ2v) is 7.16. The second kappa shape index (κ2) is 7.27. The summed E-state index contributed by atoms with van der Waals surface area (Å²) in [6, 6.07) is 0.221. The Morgan fingerprint density at radius 1 is 1.43 bits per heavy atom. The van der Waals surface area contributed by atoms with Crippen molar-refractivity contribution in [1.29, 1.82) is 0 Å². The van der Waals surface area contributed by atoms with Crippen LogP contribution < -0.4 is 5.32 Å². The molecule has 0 saturated heterocycles. The monoisotopic (exact) mass is 389 g/mol. The minimum atomic E-state index is 0.221. The van der Waals surface area contributed by atoms with E-state index in [2.05, 4.69) is 57.2 Å². The van der Waals surface area contributed by atoms with E-state index in [9.17, 15) is 0 Å². The zero-order chi connectivity index (χ0) is 15.6. The number of aromatic nitrogens is 2. The van der Waals surface area contributed by atoms with Crippen molar-refractivity contribution in [2.24, 2.45) is 0 Å². The second-order valence-electron chi connectivity index (χ2n) is 5.07. The number of hydrogen-bond donors (Lipinski definition) is 1. The van der Waals surface area contributed by atoms with Crippen LogP contribution in [0, 0.1) is 13.8 Å². The first-order chi connectivity index (χ1) is 9.99. The van der Waals surface area contributed by atoms with Crippen LogP contribution in [0.5, 0.6) is 0 Å². The van der Waals surface area contributed by atoms with Gasteiger partial charge in [0.1, 0.15) is 0 Å². The van der Waals surface area contributed by atoms with Crippen LogP contribution in [0.4, 0.5) is 0 Å². The van der Waals surface area contributed by atoms with Crippen LogP contribution in [0.15, 0.2) is 9.85 Å². The van der Waals surface area contributed by atoms with Crippen molar-refractivity contribution < 1.29 is 0 Å². The van der Waals surface area contributed by atoms with Crippen LogP contribution in [-0.2, 0) is 13.0 Å². The van der Waals surface area contributed by atoms with Crippen LogP contribution in [0.25, 0.3) is 0 Å².